The van der Waals surface area contributed by atoms with Crippen LogP contribution in [-0.2, 0) is 0 Å². The van der Waals surface area contributed by atoms with Gasteiger partial charge in [0.25, 0.3) is 0 Å². The minimum atomic E-state index is -0.112. The second-order valence-electron chi connectivity index (χ2n) is 6.08. The average molecular weight is 276 g/mol. The zero-order chi connectivity index (χ0) is 13.3. The van der Waals surface area contributed by atoms with Crippen LogP contribution in [0.25, 0.3) is 0 Å². The van der Waals surface area contributed by atoms with E-state index in [-0.39, 0.29) is 16.2 Å². The number of nitrogens with one attached hydrogen (secondary N) is 1. The van der Waals surface area contributed by atoms with Gasteiger partial charge in [0.1, 0.15) is 10.8 Å². The van der Waals surface area contributed by atoms with E-state index >= 15 is 0 Å². The number of anilines is 1. The maximum Gasteiger partial charge on any atom is 0.224 e. The van der Waals surface area contributed by atoms with Gasteiger partial charge in [-0.2, -0.15) is 4.98 Å². The molecule has 1 rings (SSSR count). The van der Waals surface area contributed by atoms with Crippen LogP contribution in [0.1, 0.15) is 41.0 Å². The molecule has 17 heavy (non-hydrogen) atoms. The summed E-state index contributed by atoms with van der Waals surface area (Å²) in [6.07, 6.45) is 2.49. The zero-order valence-electron chi connectivity index (χ0n) is 10.9. The fourth-order valence-electron chi connectivity index (χ4n) is 2.12. The Labute approximate surface area is 113 Å². The Morgan fingerprint density at radius 2 is 1.76 bits per heavy atom. The van der Waals surface area contributed by atoms with Crippen molar-refractivity contribution in [2.24, 2.45) is 5.41 Å². The van der Waals surface area contributed by atoms with Crippen LogP contribution in [0.2, 0.25) is 10.3 Å². The molecular weight excluding hydrogens is 257 g/mol. The summed E-state index contributed by atoms with van der Waals surface area (Å²) >= 11 is 11.8. The van der Waals surface area contributed by atoms with Crippen molar-refractivity contribution < 1.29 is 0 Å². The molecule has 1 aromatic rings. The molecule has 0 atom stereocenters. The van der Waals surface area contributed by atoms with Crippen molar-refractivity contribution in [1.82, 2.24) is 9.97 Å². The van der Waals surface area contributed by atoms with Crippen molar-refractivity contribution in [2.75, 3.05) is 5.32 Å². The molecule has 0 saturated heterocycles. The lowest BCUT2D eigenvalue weighted by Gasteiger charge is -2.33. The molecule has 1 heterocycles. The van der Waals surface area contributed by atoms with Crippen molar-refractivity contribution in [3.05, 3.63) is 16.5 Å². The van der Waals surface area contributed by atoms with E-state index in [2.05, 4.69) is 49.9 Å². The Kier molecular flexibility index (Phi) is 4.26. The van der Waals surface area contributed by atoms with Gasteiger partial charge in [-0.25, -0.2) is 4.98 Å². The molecule has 1 aromatic heterocycles. The van der Waals surface area contributed by atoms with Gasteiger partial charge >= 0.3 is 0 Å². The predicted molar refractivity (Wildman–Crippen MR) is 73.8 cm³/mol. The van der Waals surface area contributed by atoms with Crippen molar-refractivity contribution in [2.45, 2.75) is 46.6 Å². The van der Waals surface area contributed by atoms with Crippen LogP contribution in [0.5, 0.6) is 0 Å². The first-order chi connectivity index (χ1) is 7.59. The van der Waals surface area contributed by atoms with E-state index < -0.39 is 0 Å². The Balaban J connectivity index is 2.86. The molecule has 0 aliphatic carbocycles. The van der Waals surface area contributed by atoms with Crippen LogP contribution in [0.4, 0.5) is 5.82 Å². The summed E-state index contributed by atoms with van der Waals surface area (Å²) in [4.78, 5) is 7.93. The molecule has 0 aliphatic heterocycles. The lowest BCUT2D eigenvalue weighted by Crippen LogP contribution is -2.35. The highest BCUT2D eigenvalue weighted by Crippen LogP contribution is 2.31. The molecule has 0 aliphatic rings. The molecule has 96 valence electrons. The van der Waals surface area contributed by atoms with Crippen molar-refractivity contribution >= 4 is 29.0 Å². The first-order valence-electron chi connectivity index (χ1n) is 5.55. The van der Waals surface area contributed by atoms with E-state index in [0.717, 1.165) is 6.42 Å². The quantitative estimate of drug-likeness (QED) is 0.831. The maximum absolute atomic E-state index is 6.03. The SMILES string of the molecule is CC(C)(C)CC(C)(C)Nc1nc(Cl)ncc1Cl. The number of hydrogen-bond acceptors (Lipinski definition) is 3. The molecule has 0 saturated carbocycles. The average Bonchev–Trinajstić information content (AvgIpc) is 2.06. The molecule has 0 fully saturated rings. The number of hydrogen-bond donors (Lipinski definition) is 1. The van der Waals surface area contributed by atoms with Crippen molar-refractivity contribution in [3.63, 3.8) is 0 Å². The Morgan fingerprint density at radius 3 is 2.29 bits per heavy atom. The Morgan fingerprint density at radius 1 is 1.18 bits per heavy atom. The molecule has 1 N–H and O–H groups in total. The number of nitrogens with zero attached hydrogens (tertiary/aromatic N) is 2. The van der Waals surface area contributed by atoms with E-state index in [1.165, 1.54) is 6.20 Å². The standard InChI is InChI=1S/C12H19Cl2N3/c1-11(2,3)7-12(4,5)17-9-8(13)6-15-10(14)16-9/h6H,7H2,1-5H3,(H,15,16,17). The lowest BCUT2D eigenvalue weighted by atomic mass is 9.82. The van der Waals surface area contributed by atoms with Crippen LogP contribution in [0, 0.1) is 5.41 Å². The van der Waals surface area contributed by atoms with Gasteiger partial charge in [-0.3, -0.25) is 0 Å². The molecule has 0 aromatic carbocycles. The fourth-order valence-corrected chi connectivity index (χ4v) is 2.40. The summed E-state index contributed by atoms with van der Waals surface area (Å²) in [6, 6.07) is 0. The highest BCUT2D eigenvalue weighted by Gasteiger charge is 2.26. The second-order valence-corrected chi connectivity index (χ2v) is 6.83. The minimum Gasteiger partial charge on any atom is -0.364 e. The van der Waals surface area contributed by atoms with Gasteiger partial charge in [-0.1, -0.05) is 32.4 Å². The first kappa shape index (κ1) is 14.5. The summed E-state index contributed by atoms with van der Waals surface area (Å²) in [5, 5.41) is 4.00. The fraction of sp³-hybridized carbons (Fsp3) is 0.667. The monoisotopic (exact) mass is 275 g/mol. The molecule has 3 nitrogen and oxygen atoms in total. The highest BCUT2D eigenvalue weighted by molar-refractivity contribution is 6.33. The van der Waals surface area contributed by atoms with E-state index in [9.17, 15) is 0 Å². The highest BCUT2D eigenvalue weighted by atomic mass is 35.5. The van der Waals surface area contributed by atoms with Gasteiger partial charge < -0.3 is 5.32 Å². The number of aromatic nitrogens is 2. The van der Waals surface area contributed by atoms with Crippen molar-refractivity contribution in [3.8, 4) is 0 Å². The molecule has 0 radical (unpaired) electrons. The summed E-state index contributed by atoms with van der Waals surface area (Å²) < 4.78 is 0. The summed E-state index contributed by atoms with van der Waals surface area (Å²) in [5.41, 5.74) is 0.110. The van der Waals surface area contributed by atoms with Gasteiger partial charge in [-0.15, -0.1) is 0 Å². The van der Waals surface area contributed by atoms with Gasteiger partial charge in [0.05, 0.1) is 6.20 Å². The summed E-state index contributed by atoms with van der Waals surface area (Å²) in [5.74, 6) is 0.584. The molecule has 0 spiro atoms. The van der Waals surface area contributed by atoms with Crippen LogP contribution >= 0.6 is 23.2 Å². The van der Waals surface area contributed by atoms with Crippen molar-refractivity contribution in [1.29, 1.82) is 0 Å². The third-order valence-electron chi connectivity index (χ3n) is 2.14. The summed E-state index contributed by atoms with van der Waals surface area (Å²) in [7, 11) is 0. The first-order valence-corrected chi connectivity index (χ1v) is 6.31. The molecule has 0 bridgehead atoms. The van der Waals surface area contributed by atoms with Crippen LogP contribution < -0.4 is 5.32 Å². The smallest absolute Gasteiger partial charge is 0.224 e. The minimum absolute atomic E-state index is 0.112. The predicted octanol–water partition coefficient (Wildman–Crippen LogP) is 4.41. The van der Waals surface area contributed by atoms with Gasteiger partial charge in [0.15, 0.2) is 0 Å². The lowest BCUT2D eigenvalue weighted by molar-refractivity contribution is 0.302. The second kappa shape index (κ2) is 4.99. The van der Waals surface area contributed by atoms with E-state index in [1.807, 2.05) is 0 Å². The van der Waals surface area contributed by atoms with Crippen LogP contribution in [0.3, 0.4) is 0 Å². The molecule has 0 unspecified atom stereocenters. The third kappa shape index (κ3) is 5.09. The van der Waals surface area contributed by atoms with Gasteiger partial charge in [-0.05, 0) is 37.3 Å². The largest absolute Gasteiger partial charge is 0.364 e. The zero-order valence-corrected chi connectivity index (χ0v) is 12.4. The molecular formula is C12H19Cl2N3. The van der Waals surface area contributed by atoms with Gasteiger partial charge in [0.2, 0.25) is 5.28 Å². The maximum atomic E-state index is 6.03. The van der Waals surface area contributed by atoms with Crippen LogP contribution in [0.15, 0.2) is 6.20 Å². The Hall–Kier alpha value is -0.540. The van der Waals surface area contributed by atoms with Gasteiger partial charge in [0, 0.05) is 5.54 Å². The topological polar surface area (TPSA) is 37.8 Å². The third-order valence-corrected chi connectivity index (χ3v) is 2.60. The van der Waals surface area contributed by atoms with E-state index in [4.69, 9.17) is 23.2 Å². The number of halogens is 2. The Bertz CT molecular complexity index is 397. The molecule has 5 heteroatoms. The number of rotatable bonds is 3. The van der Waals surface area contributed by atoms with Crippen LogP contribution in [-0.4, -0.2) is 15.5 Å². The van der Waals surface area contributed by atoms with E-state index in [1.54, 1.807) is 0 Å². The normalized spacial score (nSPS) is 12.6. The summed E-state index contributed by atoms with van der Waals surface area (Å²) in [6.45, 7) is 10.8. The van der Waals surface area contributed by atoms with E-state index in [0.29, 0.717) is 10.8 Å². The molecule has 0 amide bonds.